The van der Waals surface area contributed by atoms with Crippen LogP contribution in [0, 0.1) is 18.7 Å². The lowest BCUT2D eigenvalue weighted by Gasteiger charge is -2.34. The highest BCUT2D eigenvalue weighted by Gasteiger charge is 2.34. The molecule has 4 aromatic carbocycles. The van der Waals surface area contributed by atoms with E-state index in [9.17, 15) is 22.4 Å². The monoisotopic (exact) mass is 615 g/mol. The third kappa shape index (κ3) is 8.54. The zero-order valence-electron chi connectivity index (χ0n) is 25.2. The van der Waals surface area contributed by atoms with Crippen molar-refractivity contribution in [3.63, 3.8) is 0 Å². The van der Waals surface area contributed by atoms with Gasteiger partial charge < -0.3 is 10.2 Å². The molecule has 0 saturated carbocycles. The van der Waals surface area contributed by atoms with E-state index >= 15 is 0 Å². The predicted octanol–water partition coefficient (Wildman–Crippen LogP) is 5.74. The summed E-state index contributed by atoms with van der Waals surface area (Å²) < 4.78 is 42.9. The van der Waals surface area contributed by atoms with Gasteiger partial charge in [0.1, 0.15) is 18.4 Å². The maximum atomic E-state index is 14.4. The first kappa shape index (κ1) is 32.4. The number of anilines is 1. The summed E-state index contributed by atoms with van der Waals surface area (Å²) in [5, 5.41) is 2.96. The Balaban J connectivity index is 1.79. The highest BCUT2D eigenvalue weighted by Crippen LogP contribution is 2.26. The van der Waals surface area contributed by atoms with Gasteiger partial charge in [0.05, 0.1) is 10.6 Å². The van der Waals surface area contributed by atoms with Crippen molar-refractivity contribution < 1.29 is 22.4 Å². The van der Waals surface area contributed by atoms with Crippen LogP contribution in [0.2, 0.25) is 0 Å². The van der Waals surface area contributed by atoms with Crippen LogP contribution in [0.4, 0.5) is 10.1 Å². The molecule has 0 aromatic heterocycles. The molecule has 0 heterocycles. The van der Waals surface area contributed by atoms with Crippen molar-refractivity contribution in [3.8, 4) is 0 Å². The number of sulfonamides is 1. The largest absolute Gasteiger partial charge is 0.354 e. The Hall–Kier alpha value is -4.50. The van der Waals surface area contributed by atoms with Gasteiger partial charge in [-0.15, -0.1) is 0 Å². The first-order valence-corrected chi connectivity index (χ1v) is 16.0. The highest BCUT2D eigenvalue weighted by molar-refractivity contribution is 7.92. The fourth-order valence-corrected chi connectivity index (χ4v) is 6.22. The molecular weight excluding hydrogens is 577 g/mol. The lowest BCUT2D eigenvalue weighted by molar-refractivity contribution is -0.140. The Kier molecular flexibility index (Phi) is 10.9. The second-order valence-electron chi connectivity index (χ2n) is 11.2. The summed E-state index contributed by atoms with van der Waals surface area (Å²) in [6, 6.07) is 28.9. The van der Waals surface area contributed by atoms with E-state index in [0.717, 1.165) is 15.4 Å². The molecule has 0 aliphatic carbocycles. The minimum Gasteiger partial charge on any atom is -0.354 e. The fraction of sp³-hybridized carbons (Fsp3) is 0.257. The average molecular weight is 616 g/mol. The number of amides is 2. The molecule has 0 bridgehead atoms. The van der Waals surface area contributed by atoms with Gasteiger partial charge in [0.15, 0.2) is 0 Å². The number of hydrogen-bond acceptors (Lipinski definition) is 4. The summed E-state index contributed by atoms with van der Waals surface area (Å²) in [6.45, 7) is 5.61. The van der Waals surface area contributed by atoms with E-state index in [1.807, 2.05) is 57.2 Å². The molecule has 0 fully saturated rings. The van der Waals surface area contributed by atoms with Crippen molar-refractivity contribution in [2.75, 3.05) is 17.4 Å². The van der Waals surface area contributed by atoms with Crippen LogP contribution in [0.15, 0.2) is 114 Å². The summed E-state index contributed by atoms with van der Waals surface area (Å²) in [6.07, 6.45) is 0.202. The van der Waals surface area contributed by atoms with Crippen LogP contribution >= 0.6 is 0 Å². The number of benzene rings is 4. The van der Waals surface area contributed by atoms with Crippen LogP contribution in [0.5, 0.6) is 0 Å². The minimum absolute atomic E-state index is 0.0290. The van der Waals surface area contributed by atoms with Crippen molar-refractivity contribution in [3.05, 3.63) is 132 Å². The molecule has 0 spiro atoms. The lowest BCUT2D eigenvalue weighted by atomic mass is 10.0. The van der Waals surface area contributed by atoms with Crippen LogP contribution in [0.25, 0.3) is 0 Å². The Labute approximate surface area is 259 Å². The van der Waals surface area contributed by atoms with E-state index in [4.69, 9.17) is 0 Å². The Morgan fingerprint density at radius 2 is 1.45 bits per heavy atom. The van der Waals surface area contributed by atoms with Crippen LogP contribution in [0.3, 0.4) is 0 Å². The molecule has 44 heavy (non-hydrogen) atoms. The molecular formula is C35H38FN3O4S. The number of nitrogens with zero attached hydrogens (tertiary/aromatic N) is 2. The van der Waals surface area contributed by atoms with Crippen molar-refractivity contribution in [2.24, 2.45) is 5.92 Å². The predicted molar refractivity (Wildman–Crippen MR) is 171 cm³/mol. The first-order valence-electron chi connectivity index (χ1n) is 14.5. The van der Waals surface area contributed by atoms with Crippen LogP contribution in [-0.2, 0) is 32.6 Å². The first-order chi connectivity index (χ1) is 21.0. The smallest absolute Gasteiger partial charge is 0.264 e. The summed E-state index contributed by atoms with van der Waals surface area (Å²) >= 11 is 0. The van der Waals surface area contributed by atoms with Gasteiger partial charge in [-0.2, -0.15) is 0 Å². The molecule has 4 rings (SSSR count). The van der Waals surface area contributed by atoms with E-state index < -0.39 is 34.3 Å². The third-order valence-corrected chi connectivity index (χ3v) is 8.91. The number of aryl methyl sites for hydroxylation is 1. The highest BCUT2D eigenvalue weighted by atomic mass is 32.2. The van der Waals surface area contributed by atoms with E-state index in [0.29, 0.717) is 17.8 Å². The van der Waals surface area contributed by atoms with Gasteiger partial charge in [-0.1, -0.05) is 86.6 Å². The normalized spacial score (nSPS) is 12.0. The maximum absolute atomic E-state index is 14.4. The van der Waals surface area contributed by atoms with Crippen LogP contribution in [-0.4, -0.2) is 44.3 Å². The van der Waals surface area contributed by atoms with Gasteiger partial charge in [0.25, 0.3) is 10.0 Å². The molecule has 7 nitrogen and oxygen atoms in total. The van der Waals surface area contributed by atoms with Crippen molar-refractivity contribution in [1.29, 1.82) is 0 Å². The molecule has 1 N–H and O–H groups in total. The molecule has 0 aliphatic rings. The topological polar surface area (TPSA) is 86.8 Å². The molecule has 0 saturated heterocycles. The van der Waals surface area contributed by atoms with Gasteiger partial charge in [0, 0.05) is 19.5 Å². The molecule has 1 atom stereocenters. The van der Waals surface area contributed by atoms with E-state index in [1.165, 1.54) is 29.2 Å². The van der Waals surface area contributed by atoms with Gasteiger partial charge in [-0.05, 0) is 65.9 Å². The third-order valence-electron chi connectivity index (χ3n) is 7.12. The SMILES string of the molecule is Cc1cccc(N(CC(=O)N(Cc2ccc(F)cc2)[C@@H](Cc2ccccc2)C(=O)NCC(C)C)S(=O)(=O)c2ccccc2)c1. The van der Waals surface area contributed by atoms with Crippen LogP contribution in [0.1, 0.15) is 30.5 Å². The Bertz CT molecular complexity index is 1650. The van der Waals surface area contributed by atoms with E-state index in [1.54, 1.807) is 48.5 Å². The van der Waals surface area contributed by atoms with Gasteiger partial charge in [0.2, 0.25) is 11.8 Å². The molecule has 2 amide bonds. The fourth-order valence-electron chi connectivity index (χ4n) is 4.79. The summed E-state index contributed by atoms with van der Waals surface area (Å²) in [5.74, 6) is -1.19. The average Bonchev–Trinajstić information content (AvgIpc) is 3.02. The van der Waals surface area contributed by atoms with Gasteiger partial charge in [-0.3, -0.25) is 13.9 Å². The van der Waals surface area contributed by atoms with Crippen molar-refractivity contribution in [2.45, 2.75) is 44.7 Å². The quantitative estimate of drug-likeness (QED) is 0.208. The number of carbonyl (C=O) groups is 2. The van der Waals surface area contributed by atoms with E-state index in [2.05, 4.69) is 5.32 Å². The second-order valence-corrected chi connectivity index (χ2v) is 13.0. The maximum Gasteiger partial charge on any atom is 0.264 e. The number of rotatable bonds is 13. The standard InChI is InChI=1S/C35H38FN3O4S/c1-26(2)23-37-35(41)33(22-28-12-6-4-7-13-28)38(24-29-17-19-30(36)20-18-29)34(40)25-39(31-14-10-11-27(3)21-31)44(42,43)32-15-8-5-9-16-32/h4-21,26,33H,22-25H2,1-3H3,(H,37,41)/t33-/m0/s1. The molecule has 4 aromatic rings. The molecule has 9 heteroatoms. The second kappa shape index (κ2) is 14.8. The lowest BCUT2D eigenvalue weighted by Crippen LogP contribution is -2.53. The minimum atomic E-state index is -4.17. The number of carbonyl (C=O) groups excluding carboxylic acids is 2. The summed E-state index contributed by atoms with van der Waals surface area (Å²) in [7, 11) is -4.17. The van der Waals surface area contributed by atoms with Gasteiger partial charge >= 0.3 is 0 Å². The van der Waals surface area contributed by atoms with Crippen LogP contribution < -0.4 is 9.62 Å². The number of hydrogen-bond donors (Lipinski definition) is 1. The van der Waals surface area contributed by atoms with E-state index in [-0.39, 0.29) is 29.7 Å². The van der Waals surface area contributed by atoms with Gasteiger partial charge in [-0.25, -0.2) is 12.8 Å². The molecule has 230 valence electrons. The molecule has 0 radical (unpaired) electrons. The Morgan fingerprint density at radius 1 is 0.818 bits per heavy atom. The summed E-state index contributed by atoms with van der Waals surface area (Å²) in [5.41, 5.74) is 2.58. The number of nitrogens with one attached hydrogen (secondary N) is 1. The van der Waals surface area contributed by atoms with Crippen molar-refractivity contribution in [1.82, 2.24) is 10.2 Å². The molecule has 0 aliphatic heterocycles. The molecule has 0 unspecified atom stereocenters. The zero-order valence-corrected chi connectivity index (χ0v) is 26.0. The Morgan fingerprint density at radius 3 is 2.07 bits per heavy atom. The summed E-state index contributed by atoms with van der Waals surface area (Å²) in [4.78, 5) is 29.6. The van der Waals surface area contributed by atoms with Crippen molar-refractivity contribution >= 4 is 27.5 Å². The number of halogens is 1. The zero-order chi connectivity index (χ0) is 31.7.